The first kappa shape index (κ1) is 16.9. The smallest absolute Gasteiger partial charge is 0.343 e. The van der Waals surface area contributed by atoms with E-state index < -0.39 is 0 Å². The SMILES string of the molecule is NCCc1ccc(OC(=O)c2cccc(Cc3ccccc3)c2)cc1. The van der Waals surface area contributed by atoms with Crippen molar-refractivity contribution in [2.75, 3.05) is 6.54 Å². The van der Waals surface area contributed by atoms with Gasteiger partial charge in [0.05, 0.1) is 5.56 Å². The fourth-order valence-corrected chi connectivity index (χ4v) is 2.70. The maximum atomic E-state index is 12.4. The monoisotopic (exact) mass is 331 g/mol. The summed E-state index contributed by atoms with van der Waals surface area (Å²) in [6.45, 7) is 0.605. The fourth-order valence-electron chi connectivity index (χ4n) is 2.70. The van der Waals surface area contributed by atoms with Crippen LogP contribution < -0.4 is 10.5 Å². The summed E-state index contributed by atoms with van der Waals surface area (Å²) in [4.78, 5) is 12.4. The fraction of sp³-hybridized carbons (Fsp3) is 0.136. The number of hydrogen-bond donors (Lipinski definition) is 1. The molecule has 126 valence electrons. The first-order valence-corrected chi connectivity index (χ1v) is 8.38. The van der Waals surface area contributed by atoms with Crippen molar-refractivity contribution in [1.29, 1.82) is 0 Å². The average Bonchev–Trinajstić information content (AvgIpc) is 2.65. The molecule has 0 saturated carbocycles. The summed E-state index contributed by atoms with van der Waals surface area (Å²) in [5.41, 5.74) is 9.52. The molecule has 0 radical (unpaired) electrons. The molecule has 0 heterocycles. The van der Waals surface area contributed by atoms with Crippen molar-refractivity contribution < 1.29 is 9.53 Å². The van der Waals surface area contributed by atoms with E-state index in [-0.39, 0.29) is 5.97 Å². The lowest BCUT2D eigenvalue weighted by molar-refractivity contribution is 0.0734. The molecule has 3 nitrogen and oxygen atoms in total. The molecule has 0 saturated heterocycles. The largest absolute Gasteiger partial charge is 0.423 e. The zero-order valence-corrected chi connectivity index (χ0v) is 14.0. The van der Waals surface area contributed by atoms with Crippen LogP contribution in [0.4, 0.5) is 0 Å². The van der Waals surface area contributed by atoms with Crippen LogP contribution in [0, 0.1) is 0 Å². The molecule has 3 rings (SSSR count). The molecule has 0 bridgehead atoms. The molecule has 0 amide bonds. The van der Waals surface area contributed by atoms with Gasteiger partial charge in [-0.15, -0.1) is 0 Å². The van der Waals surface area contributed by atoms with Crippen molar-refractivity contribution in [3.63, 3.8) is 0 Å². The number of nitrogens with two attached hydrogens (primary N) is 1. The first-order chi connectivity index (χ1) is 12.2. The van der Waals surface area contributed by atoms with Gasteiger partial charge >= 0.3 is 5.97 Å². The van der Waals surface area contributed by atoms with Crippen molar-refractivity contribution >= 4 is 5.97 Å². The number of hydrogen-bond acceptors (Lipinski definition) is 3. The summed E-state index contributed by atoms with van der Waals surface area (Å²) in [7, 11) is 0. The van der Waals surface area contributed by atoms with Gasteiger partial charge in [-0.25, -0.2) is 4.79 Å². The molecular formula is C22H21NO2. The van der Waals surface area contributed by atoms with Crippen LogP contribution >= 0.6 is 0 Å². The number of esters is 1. The van der Waals surface area contributed by atoms with Crippen LogP contribution in [-0.2, 0) is 12.8 Å². The van der Waals surface area contributed by atoms with Crippen LogP contribution in [0.15, 0.2) is 78.9 Å². The molecular weight excluding hydrogens is 310 g/mol. The number of ether oxygens (including phenoxy) is 1. The average molecular weight is 331 g/mol. The van der Waals surface area contributed by atoms with Gasteiger partial charge in [-0.2, -0.15) is 0 Å². The van der Waals surface area contributed by atoms with Crippen LogP contribution in [0.25, 0.3) is 0 Å². The molecule has 0 aliphatic heterocycles. The predicted molar refractivity (Wildman–Crippen MR) is 99.8 cm³/mol. The summed E-state index contributed by atoms with van der Waals surface area (Å²) in [6.07, 6.45) is 1.60. The van der Waals surface area contributed by atoms with Gasteiger partial charge in [-0.1, -0.05) is 54.6 Å². The Bertz CT molecular complexity index is 826. The minimum Gasteiger partial charge on any atom is -0.423 e. The standard InChI is InChI=1S/C22H21NO2/c23-14-13-17-9-11-21(12-10-17)25-22(24)20-8-4-7-19(16-20)15-18-5-2-1-3-6-18/h1-12,16H,13-15,23H2. The third kappa shape index (κ3) is 4.78. The second-order valence-electron chi connectivity index (χ2n) is 5.93. The van der Waals surface area contributed by atoms with Gasteiger partial charge in [-0.3, -0.25) is 0 Å². The van der Waals surface area contributed by atoms with E-state index in [2.05, 4.69) is 12.1 Å². The van der Waals surface area contributed by atoms with Gasteiger partial charge < -0.3 is 10.5 Å². The quantitative estimate of drug-likeness (QED) is 0.549. The van der Waals surface area contributed by atoms with Gasteiger partial charge in [0, 0.05) is 0 Å². The van der Waals surface area contributed by atoms with E-state index in [1.54, 1.807) is 18.2 Å². The summed E-state index contributed by atoms with van der Waals surface area (Å²) >= 11 is 0. The van der Waals surface area contributed by atoms with Gasteiger partial charge in [-0.05, 0) is 60.3 Å². The molecule has 0 aliphatic rings. The topological polar surface area (TPSA) is 52.3 Å². The van der Waals surface area contributed by atoms with Crippen LogP contribution in [0.5, 0.6) is 5.75 Å². The lowest BCUT2D eigenvalue weighted by Gasteiger charge is -2.07. The normalized spacial score (nSPS) is 10.4. The molecule has 0 aliphatic carbocycles. The highest BCUT2D eigenvalue weighted by Crippen LogP contribution is 2.16. The Hall–Kier alpha value is -2.91. The molecule has 0 atom stereocenters. The Morgan fingerprint density at radius 1 is 0.800 bits per heavy atom. The maximum absolute atomic E-state index is 12.4. The molecule has 2 N–H and O–H groups in total. The number of carbonyl (C=O) groups is 1. The Morgan fingerprint density at radius 2 is 1.52 bits per heavy atom. The highest BCUT2D eigenvalue weighted by Gasteiger charge is 2.09. The maximum Gasteiger partial charge on any atom is 0.343 e. The van der Waals surface area contributed by atoms with Crippen molar-refractivity contribution in [2.24, 2.45) is 5.73 Å². The summed E-state index contributed by atoms with van der Waals surface area (Å²) in [5, 5.41) is 0. The molecule has 3 heteroatoms. The number of carbonyl (C=O) groups excluding carboxylic acids is 1. The molecule has 0 aromatic heterocycles. The number of rotatable bonds is 6. The van der Waals surface area contributed by atoms with Crippen LogP contribution in [0.2, 0.25) is 0 Å². The summed E-state index contributed by atoms with van der Waals surface area (Å²) < 4.78 is 5.47. The van der Waals surface area contributed by atoms with Gasteiger partial charge in [0.1, 0.15) is 5.75 Å². The van der Waals surface area contributed by atoms with Crippen LogP contribution in [0.3, 0.4) is 0 Å². The number of benzene rings is 3. The minimum atomic E-state index is -0.346. The van der Waals surface area contributed by atoms with Gasteiger partial charge in [0.25, 0.3) is 0 Å². The van der Waals surface area contributed by atoms with E-state index in [0.717, 1.165) is 24.0 Å². The zero-order chi connectivity index (χ0) is 17.5. The van der Waals surface area contributed by atoms with E-state index in [4.69, 9.17) is 10.5 Å². The molecule has 3 aromatic carbocycles. The third-order valence-electron chi connectivity index (χ3n) is 3.98. The highest BCUT2D eigenvalue weighted by molar-refractivity contribution is 5.91. The lowest BCUT2D eigenvalue weighted by Crippen LogP contribution is -2.09. The Labute approximate surface area is 148 Å². The highest BCUT2D eigenvalue weighted by atomic mass is 16.5. The molecule has 3 aromatic rings. The molecule has 0 fully saturated rings. The van der Waals surface area contributed by atoms with E-state index >= 15 is 0 Å². The lowest BCUT2D eigenvalue weighted by atomic mass is 10.0. The van der Waals surface area contributed by atoms with E-state index in [1.807, 2.05) is 48.5 Å². The van der Waals surface area contributed by atoms with E-state index in [0.29, 0.717) is 17.9 Å². The van der Waals surface area contributed by atoms with Gasteiger partial charge in [0.2, 0.25) is 0 Å². The zero-order valence-electron chi connectivity index (χ0n) is 14.0. The first-order valence-electron chi connectivity index (χ1n) is 8.38. The van der Waals surface area contributed by atoms with Crippen LogP contribution in [-0.4, -0.2) is 12.5 Å². The molecule has 0 unspecified atom stereocenters. The predicted octanol–water partition coefficient (Wildman–Crippen LogP) is 4.00. The Morgan fingerprint density at radius 3 is 2.24 bits per heavy atom. The van der Waals surface area contributed by atoms with Crippen molar-refractivity contribution in [3.05, 3.63) is 101 Å². The Balaban J connectivity index is 1.68. The van der Waals surface area contributed by atoms with E-state index in [1.165, 1.54) is 5.56 Å². The van der Waals surface area contributed by atoms with Crippen molar-refractivity contribution in [1.82, 2.24) is 0 Å². The van der Waals surface area contributed by atoms with Crippen molar-refractivity contribution in [2.45, 2.75) is 12.8 Å². The molecule has 0 spiro atoms. The third-order valence-corrected chi connectivity index (χ3v) is 3.98. The second-order valence-corrected chi connectivity index (χ2v) is 5.93. The van der Waals surface area contributed by atoms with E-state index in [9.17, 15) is 4.79 Å². The van der Waals surface area contributed by atoms with Crippen molar-refractivity contribution in [3.8, 4) is 5.75 Å². The van der Waals surface area contributed by atoms with Gasteiger partial charge in [0.15, 0.2) is 0 Å². The summed E-state index contributed by atoms with van der Waals surface area (Å²) in [6, 6.07) is 25.2. The van der Waals surface area contributed by atoms with Crippen LogP contribution in [0.1, 0.15) is 27.0 Å². The minimum absolute atomic E-state index is 0.346. The second kappa shape index (κ2) is 8.27. The summed E-state index contributed by atoms with van der Waals surface area (Å²) in [5.74, 6) is 0.195. The Kier molecular flexibility index (Phi) is 5.60. The molecule has 25 heavy (non-hydrogen) atoms.